The Bertz CT molecular complexity index is 1750. The zero-order valence-corrected chi connectivity index (χ0v) is 23.7. The Morgan fingerprint density at radius 3 is 2.44 bits per heavy atom. The fourth-order valence-corrected chi connectivity index (χ4v) is 7.47. The first kappa shape index (κ1) is 26.3. The molecule has 4 nitrogen and oxygen atoms in total. The summed E-state index contributed by atoms with van der Waals surface area (Å²) in [4.78, 5) is 5.23. The Hall–Kier alpha value is -3.65. The third kappa shape index (κ3) is 3.40. The Morgan fingerprint density at radius 1 is 0.976 bits per heavy atom. The molecule has 2 aromatic heterocycles. The SMILES string of the molecule is CCc1cccc2c1-n1nc3c(c1C1(C)C2=CC(C)(F)c2[nH]ccc21)CN(Cc1ccccc1C(F)(F)F)C3(C)C. The van der Waals surface area contributed by atoms with Crippen LogP contribution in [-0.2, 0) is 42.3 Å². The van der Waals surface area contributed by atoms with Crippen molar-refractivity contribution in [2.45, 2.75) is 76.9 Å². The number of nitrogens with one attached hydrogen (secondary N) is 1. The molecule has 4 aromatic rings. The summed E-state index contributed by atoms with van der Waals surface area (Å²) in [5.74, 6) is 0. The molecule has 7 rings (SSSR count). The van der Waals surface area contributed by atoms with Gasteiger partial charge in [0, 0.05) is 30.4 Å². The summed E-state index contributed by atoms with van der Waals surface area (Å²) in [7, 11) is 0. The van der Waals surface area contributed by atoms with Crippen LogP contribution in [0.5, 0.6) is 0 Å². The van der Waals surface area contributed by atoms with Gasteiger partial charge in [0.2, 0.25) is 0 Å². The molecule has 0 radical (unpaired) electrons. The van der Waals surface area contributed by atoms with Crippen LogP contribution in [0, 0.1) is 0 Å². The lowest BCUT2D eigenvalue weighted by molar-refractivity contribution is -0.138. The molecule has 2 unspecified atom stereocenters. The molecule has 212 valence electrons. The third-order valence-electron chi connectivity index (χ3n) is 9.59. The lowest BCUT2D eigenvalue weighted by Crippen LogP contribution is -2.41. The number of hydrogen-bond donors (Lipinski definition) is 1. The van der Waals surface area contributed by atoms with Crippen LogP contribution in [-0.4, -0.2) is 19.7 Å². The van der Waals surface area contributed by atoms with Gasteiger partial charge < -0.3 is 4.98 Å². The average Bonchev–Trinajstić information content (AvgIpc) is 3.62. The molecule has 1 aliphatic carbocycles. The monoisotopic (exact) mass is 560 g/mol. The van der Waals surface area contributed by atoms with Gasteiger partial charge in [-0.3, -0.25) is 4.90 Å². The number of halogens is 4. The van der Waals surface area contributed by atoms with Gasteiger partial charge in [0.1, 0.15) is 0 Å². The maximum absolute atomic E-state index is 16.2. The smallest absolute Gasteiger partial charge is 0.362 e. The van der Waals surface area contributed by atoms with E-state index >= 15 is 4.39 Å². The predicted molar refractivity (Wildman–Crippen MR) is 150 cm³/mol. The first-order chi connectivity index (χ1) is 19.3. The van der Waals surface area contributed by atoms with Crippen LogP contribution in [0.15, 0.2) is 60.8 Å². The number of para-hydroxylation sites is 1. The summed E-state index contributed by atoms with van der Waals surface area (Å²) in [5, 5.41) is 5.25. The highest BCUT2D eigenvalue weighted by molar-refractivity contribution is 5.89. The average molecular weight is 561 g/mol. The lowest BCUT2D eigenvalue weighted by atomic mass is 9.62. The Kier molecular flexibility index (Phi) is 5.26. The van der Waals surface area contributed by atoms with E-state index in [2.05, 4.69) is 34.5 Å². The van der Waals surface area contributed by atoms with Gasteiger partial charge in [-0.1, -0.05) is 43.3 Å². The second-order valence-electron chi connectivity index (χ2n) is 12.3. The van der Waals surface area contributed by atoms with Crippen molar-refractivity contribution in [1.29, 1.82) is 0 Å². The third-order valence-corrected chi connectivity index (χ3v) is 9.59. The van der Waals surface area contributed by atoms with Gasteiger partial charge in [0.15, 0.2) is 5.67 Å². The van der Waals surface area contributed by atoms with Gasteiger partial charge in [0.25, 0.3) is 0 Å². The molecule has 0 saturated carbocycles. The number of nitrogens with zero attached hydrogens (tertiary/aromatic N) is 3. The molecular weight excluding hydrogens is 528 g/mol. The first-order valence-corrected chi connectivity index (χ1v) is 14.1. The summed E-state index contributed by atoms with van der Waals surface area (Å²) in [6, 6.07) is 13.9. The van der Waals surface area contributed by atoms with Crippen molar-refractivity contribution in [1.82, 2.24) is 19.7 Å². The van der Waals surface area contributed by atoms with E-state index in [1.165, 1.54) is 6.07 Å². The van der Waals surface area contributed by atoms with Gasteiger partial charge in [-0.25, -0.2) is 9.07 Å². The van der Waals surface area contributed by atoms with Crippen LogP contribution < -0.4 is 0 Å². The number of allylic oxidation sites excluding steroid dienone is 2. The van der Waals surface area contributed by atoms with Crippen LogP contribution in [0.25, 0.3) is 11.3 Å². The van der Waals surface area contributed by atoms with Crippen molar-refractivity contribution >= 4 is 5.57 Å². The number of H-pyrrole nitrogens is 1. The zero-order valence-electron chi connectivity index (χ0n) is 23.7. The van der Waals surface area contributed by atoms with Gasteiger partial charge in [0.05, 0.1) is 39.3 Å². The summed E-state index contributed by atoms with van der Waals surface area (Å²) >= 11 is 0. The molecule has 2 atom stereocenters. The highest BCUT2D eigenvalue weighted by Crippen LogP contribution is 2.59. The van der Waals surface area contributed by atoms with Crippen molar-refractivity contribution < 1.29 is 17.6 Å². The topological polar surface area (TPSA) is 36.9 Å². The molecule has 0 saturated heterocycles. The minimum atomic E-state index is -4.44. The predicted octanol–water partition coefficient (Wildman–Crippen LogP) is 7.93. The minimum Gasteiger partial charge on any atom is -0.362 e. The van der Waals surface area contributed by atoms with Crippen molar-refractivity contribution in [3.05, 3.63) is 111 Å². The van der Waals surface area contributed by atoms with Gasteiger partial charge in [-0.05, 0) is 74.6 Å². The molecule has 0 amide bonds. The van der Waals surface area contributed by atoms with E-state index in [-0.39, 0.29) is 12.1 Å². The maximum atomic E-state index is 16.2. The van der Waals surface area contributed by atoms with Crippen molar-refractivity contribution in [2.75, 3.05) is 0 Å². The Balaban J connectivity index is 1.46. The molecule has 0 fully saturated rings. The number of hydrogen-bond acceptors (Lipinski definition) is 2. The minimum absolute atomic E-state index is 0.132. The van der Waals surface area contributed by atoms with Crippen LogP contribution >= 0.6 is 0 Å². The van der Waals surface area contributed by atoms with E-state index in [4.69, 9.17) is 5.10 Å². The molecule has 3 aliphatic rings. The Morgan fingerprint density at radius 2 is 1.71 bits per heavy atom. The number of aromatic nitrogens is 3. The molecule has 8 heteroatoms. The fraction of sp³-hybridized carbons (Fsp3) is 0.364. The summed E-state index contributed by atoms with van der Waals surface area (Å²) in [6.07, 6.45) is -0.128. The normalized spacial score (nSPS) is 24.3. The van der Waals surface area contributed by atoms with Crippen LogP contribution in [0.1, 0.15) is 85.1 Å². The molecular formula is C33H32F4N4. The molecule has 0 spiro atoms. The van der Waals surface area contributed by atoms with Crippen LogP contribution in [0.2, 0.25) is 0 Å². The van der Waals surface area contributed by atoms with E-state index < -0.39 is 28.4 Å². The van der Waals surface area contributed by atoms with E-state index in [1.807, 2.05) is 32.0 Å². The van der Waals surface area contributed by atoms with E-state index in [0.29, 0.717) is 12.2 Å². The second kappa shape index (κ2) is 8.22. The summed E-state index contributed by atoms with van der Waals surface area (Å²) < 4.78 is 59.9. The standard InChI is InChI=1S/C33H32F4N4/c1-6-19-11-9-12-21-25-16-31(4,34)28-24(14-15-38-28)32(25,5)29-22-18-40(30(2,3)27(22)39-41(29)26(19)21)17-20-10-7-8-13-23(20)33(35,36)37/h7-16,38H,6,17-18H2,1-5H3. The Labute approximate surface area is 236 Å². The van der Waals surface area contributed by atoms with Gasteiger partial charge in [-0.2, -0.15) is 18.3 Å². The lowest BCUT2D eigenvalue weighted by Gasteiger charge is -2.44. The van der Waals surface area contributed by atoms with E-state index in [0.717, 1.165) is 57.4 Å². The highest BCUT2D eigenvalue weighted by atomic mass is 19.4. The van der Waals surface area contributed by atoms with Gasteiger partial charge in [-0.15, -0.1) is 0 Å². The number of rotatable bonds is 3. The van der Waals surface area contributed by atoms with Crippen molar-refractivity contribution in [3.8, 4) is 5.69 Å². The molecule has 2 aromatic carbocycles. The van der Waals surface area contributed by atoms with Crippen LogP contribution in [0.4, 0.5) is 17.6 Å². The van der Waals surface area contributed by atoms with Crippen molar-refractivity contribution in [2.24, 2.45) is 0 Å². The van der Waals surface area contributed by atoms with Crippen molar-refractivity contribution in [3.63, 3.8) is 0 Å². The highest BCUT2D eigenvalue weighted by Gasteiger charge is 2.55. The largest absolute Gasteiger partial charge is 0.416 e. The molecule has 1 N–H and O–H groups in total. The first-order valence-electron chi connectivity index (χ1n) is 14.1. The fourth-order valence-electron chi connectivity index (χ4n) is 7.47. The molecule has 41 heavy (non-hydrogen) atoms. The zero-order chi connectivity index (χ0) is 29.1. The number of aryl methyl sites for hydroxylation is 1. The summed E-state index contributed by atoms with van der Waals surface area (Å²) in [5.41, 5.74) is 4.71. The number of fused-ring (bicyclic) bond motifs is 10. The number of alkyl halides is 4. The maximum Gasteiger partial charge on any atom is 0.416 e. The second-order valence-corrected chi connectivity index (χ2v) is 12.3. The number of aromatic amines is 1. The molecule has 0 bridgehead atoms. The molecule has 4 heterocycles. The van der Waals surface area contributed by atoms with E-state index in [1.54, 1.807) is 31.3 Å². The number of benzene rings is 2. The molecule has 2 aliphatic heterocycles. The summed E-state index contributed by atoms with van der Waals surface area (Å²) in [6.45, 7) is 10.4. The quantitative estimate of drug-likeness (QED) is 0.258. The van der Waals surface area contributed by atoms with Gasteiger partial charge >= 0.3 is 6.18 Å². The van der Waals surface area contributed by atoms with Crippen LogP contribution in [0.3, 0.4) is 0 Å². The van der Waals surface area contributed by atoms with E-state index in [9.17, 15) is 13.2 Å².